The Morgan fingerprint density at radius 1 is 1.41 bits per heavy atom. The molecule has 0 spiro atoms. The SMILES string of the molecule is O=c1[nH]ccnc1N1CCC(n2cccn2)C1. The second kappa shape index (κ2) is 4.04. The molecule has 1 aliphatic rings. The summed E-state index contributed by atoms with van der Waals surface area (Å²) in [5, 5.41) is 4.23. The second-order valence-electron chi connectivity index (χ2n) is 4.12. The van der Waals surface area contributed by atoms with E-state index in [9.17, 15) is 4.79 Å². The van der Waals surface area contributed by atoms with Crippen molar-refractivity contribution in [2.24, 2.45) is 0 Å². The maximum Gasteiger partial charge on any atom is 0.290 e. The number of nitrogens with one attached hydrogen (secondary N) is 1. The maximum absolute atomic E-state index is 11.6. The lowest BCUT2D eigenvalue weighted by Crippen LogP contribution is -2.28. The van der Waals surface area contributed by atoms with Gasteiger partial charge in [-0.05, 0) is 12.5 Å². The van der Waals surface area contributed by atoms with Gasteiger partial charge in [0, 0.05) is 37.9 Å². The Balaban J connectivity index is 1.81. The molecule has 1 fully saturated rings. The molecule has 0 bridgehead atoms. The molecule has 1 atom stereocenters. The highest BCUT2D eigenvalue weighted by molar-refractivity contribution is 5.36. The van der Waals surface area contributed by atoms with Crippen LogP contribution in [-0.4, -0.2) is 32.8 Å². The maximum atomic E-state index is 11.6. The van der Waals surface area contributed by atoms with Gasteiger partial charge in [-0.2, -0.15) is 5.10 Å². The molecule has 88 valence electrons. The smallest absolute Gasteiger partial charge is 0.290 e. The van der Waals surface area contributed by atoms with Gasteiger partial charge in [0.1, 0.15) is 0 Å². The van der Waals surface area contributed by atoms with E-state index in [2.05, 4.69) is 15.1 Å². The molecule has 2 aromatic heterocycles. The highest BCUT2D eigenvalue weighted by Crippen LogP contribution is 2.22. The highest BCUT2D eigenvalue weighted by Gasteiger charge is 2.26. The van der Waals surface area contributed by atoms with Crippen LogP contribution in [0.4, 0.5) is 5.82 Å². The first-order valence-electron chi connectivity index (χ1n) is 5.62. The summed E-state index contributed by atoms with van der Waals surface area (Å²) in [6.07, 6.45) is 7.87. The summed E-state index contributed by atoms with van der Waals surface area (Å²) < 4.78 is 1.94. The third-order valence-corrected chi connectivity index (χ3v) is 3.05. The minimum atomic E-state index is -0.131. The Labute approximate surface area is 97.9 Å². The van der Waals surface area contributed by atoms with Crippen molar-refractivity contribution < 1.29 is 0 Å². The van der Waals surface area contributed by atoms with Crippen LogP contribution in [-0.2, 0) is 0 Å². The molecule has 2 aromatic rings. The van der Waals surface area contributed by atoms with Gasteiger partial charge in [-0.3, -0.25) is 9.48 Å². The average Bonchev–Trinajstić information content (AvgIpc) is 3.00. The molecular weight excluding hydrogens is 218 g/mol. The van der Waals surface area contributed by atoms with Crippen LogP contribution >= 0.6 is 0 Å². The van der Waals surface area contributed by atoms with E-state index >= 15 is 0 Å². The van der Waals surface area contributed by atoms with Gasteiger partial charge in [0.15, 0.2) is 5.82 Å². The largest absolute Gasteiger partial charge is 0.350 e. The van der Waals surface area contributed by atoms with Gasteiger partial charge in [0.2, 0.25) is 0 Å². The van der Waals surface area contributed by atoms with Gasteiger partial charge in [-0.15, -0.1) is 0 Å². The minimum Gasteiger partial charge on any atom is -0.350 e. The minimum absolute atomic E-state index is 0.131. The molecule has 3 heterocycles. The number of aromatic nitrogens is 4. The van der Waals surface area contributed by atoms with E-state index in [1.165, 1.54) is 0 Å². The van der Waals surface area contributed by atoms with Crippen LogP contribution in [0.3, 0.4) is 0 Å². The van der Waals surface area contributed by atoms with Crippen LogP contribution < -0.4 is 10.5 Å². The topological polar surface area (TPSA) is 66.8 Å². The van der Waals surface area contributed by atoms with Crippen molar-refractivity contribution in [3.8, 4) is 0 Å². The molecule has 1 N–H and O–H groups in total. The zero-order valence-corrected chi connectivity index (χ0v) is 9.28. The first-order valence-corrected chi connectivity index (χ1v) is 5.62. The number of anilines is 1. The Hall–Kier alpha value is -2.11. The van der Waals surface area contributed by atoms with Crippen molar-refractivity contribution >= 4 is 5.82 Å². The average molecular weight is 231 g/mol. The van der Waals surface area contributed by atoms with Gasteiger partial charge in [-0.1, -0.05) is 0 Å². The van der Waals surface area contributed by atoms with Crippen LogP contribution in [0.5, 0.6) is 0 Å². The van der Waals surface area contributed by atoms with Crippen molar-refractivity contribution in [1.29, 1.82) is 0 Å². The van der Waals surface area contributed by atoms with Crippen molar-refractivity contribution in [1.82, 2.24) is 19.7 Å². The summed E-state index contributed by atoms with van der Waals surface area (Å²) in [5.41, 5.74) is -0.131. The van der Waals surface area contributed by atoms with Crippen molar-refractivity contribution in [2.45, 2.75) is 12.5 Å². The first kappa shape index (κ1) is 10.1. The van der Waals surface area contributed by atoms with E-state index in [0.717, 1.165) is 19.5 Å². The van der Waals surface area contributed by atoms with Gasteiger partial charge in [0.25, 0.3) is 5.56 Å². The van der Waals surface area contributed by atoms with Crippen LogP contribution in [0.2, 0.25) is 0 Å². The monoisotopic (exact) mass is 231 g/mol. The third-order valence-electron chi connectivity index (χ3n) is 3.05. The number of hydrogen-bond acceptors (Lipinski definition) is 4. The van der Waals surface area contributed by atoms with Crippen molar-refractivity contribution in [3.63, 3.8) is 0 Å². The summed E-state index contributed by atoms with van der Waals surface area (Å²) in [6.45, 7) is 1.62. The van der Waals surface area contributed by atoms with Crippen molar-refractivity contribution in [3.05, 3.63) is 41.2 Å². The Morgan fingerprint density at radius 3 is 3.12 bits per heavy atom. The molecule has 3 rings (SSSR count). The normalized spacial score (nSPS) is 19.8. The zero-order valence-electron chi connectivity index (χ0n) is 9.28. The number of H-pyrrole nitrogens is 1. The predicted octanol–water partition coefficient (Wildman–Crippen LogP) is 0.418. The molecule has 0 aliphatic carbocycles. The highest BCUT2D eigenvalue weighted by atomic mass is 16.1. The van der Waals surface area contributed by atoms with E-state index in [1.807, 2.05) is 21.8 Å². The lowest BCUT2D eigenvalue weighted by atomic mass is 10.3. The van der Waals surface area contributed by atoms with E-state index in [4.69, 9.17) is 0 Å². The predicted molar refractivity (Wildman–Crippen MR) is 63.0 cm³/mol. The number of nitrogens with zero attached hydrogens (tertiary/aromatic N) is 4. The van der Waals surface area contributed by atoms with Gasteiger partial charge >= 0.3 is 0 Å². The molecule has 0 aromatic carbocycles. The van der Waals surface area contributed by atoms with Crippen molar-refractivity contribution in [2.75, 3.05) is 18.0 Å². The fraction of sp³-hybridized carbons (Fsp3) is 0.364. The summed E-state index contributed by atoms with van der Waals surface area (Å²) in [4.78, 5) is 20.4. The Bertz CT molecular complexity index is 547. The standard InChI is InChI=1S/C11H13N5O/c17-11-10(12-4-5-13-11)15-7-2-9(8-15)16-6-1-3-14-16/h1,3-6,9H,2,7-8H2,(H,13,17). The lowest BCUT2D eigenvalue weighted by Gasteiger charge is -2.16. The zero-order chi connectivity index (χ0) is 11.7. The number of rotatable bonds is 2. The van der Waals surface area contributed by atoms with E-state index in [1.54, 1.807) is 18.6 Å². The molecule has 1 unspecified atom stereocenters. The molecule has 6 heteroatoms. The van der Waals surface area contributed by atoms with Crippen LogP contribution in [0.15, 0.2) is 35.6 Å². The molecule has 6 nitrogen and oxygen atoms in total. The Kier molecular flexibility index (Phi) is 2.40. The van der Waals surface area contributed by atoms with Crippen LogP contribution in [0, 0.1) is 0 Å². The molecule has 0 saturated carbocycles. The molecule has 0 radical (unpaired) electrons. The van der Waals surface area contributed by atoms with E-state index in [0.29, 0.717) is 11.9 Å². The third kappa shape index (κ3) is 1.82. The van der Waals surface area contributed by atoms with E-state index in [-0.39, 0.29) is 5.56 Å². The first-order chi connectivity index (χ1) is 8.34. The summed E-state index contributed by atoms with van der Waals surface area (Å²) in [5.74, 6) is 0.502. The summed E-state index contributed by atoms with van der Waals surface area (Å²) >= 11 is 0. The second-order valence-corrected chi connectivity index (χ2v) is 4.12. The lowest BCUT2D eigenvalue weighted by molar-refractivity contribution is 0.494. The molecule has 1 aliphatic heterocycles. The molecule has 0 amide bonds. The van der Waals surface area contributed by atoms with Crippen LogP contribution in [0.1, 0.15) is 12.5 Å². The molecular formula is C11H13N5O. The van der Waals surface area contributed by atoms with Gasteiger partial charge in [0.05, 0.1) is 6.04 Å². The number of hydrogen-bond donors (Lipinski definition) is 1. The van der Waals surface area contributed by atoms with Crippen LogP contribution in [0.25, 0.3) is 0 Å². The molecule has 17 heavy (non-hydrogen) atoms. The fourth-order valence-electron chi connectivity index (χ4n) is 2.22. The summed E-state index contributed by atoms with van der Waals surface area (Å²) in [6, 6.07) is 2.24. The quantitative estimate of drug-likeness (QED) is 0.813. The molecule has 1 saturated heterocycles. The number of aromatic amines is 1. The van der Waals surface area contributed by atoms with E-state index < -0.39 is 0 Å². The fourth-order valence-corrected chi connectivity index (χ4v) is 2.22. The Morgan fingerprint density at radius 2 is 2.35 bits per heavy atom. The van der Waals surface area contributed by atoms with Gasteiger partial charge < -0.3 is 9.88 Å². The van der Waals surface area contributed by atoms with Gasteiger partial charge in [-0.25, -0.2) is 4.98 Å². The summed E-state index contributed by atoms with van der Waals surface area (Å²) in [7, 11) is 0.